The van der Waals surface area contributed by atoms with Gasteiger partial charge in [-0.25, -0.2) is 0 Å². The first kappa shape index (κ1) is 11.4. The van der Waals surface area contributed by atoms with Gasteiger partial charge in [0.05, 0.1) is 5.69 Å². The maximum absolute atomic E-state index is 5.88. The number of rotatable bonds is 2. The van der Waals surface area contributed by atoms with Crippen LogP contribution in [0.15, 0.2) is 58.0 Å². The van der Waals surface area contributed by atoms with Gasteiger partial charge in [-0.3, -0.25) is 4.99 Å². The van der Waals surface area contributed by atoms with Gasteiger partial charge in [-0.1, -0.05) is 39.7 Å². The molecule has 0 spiro atoms. The standard InChI is InChI=1S/C13H9BrClN/c14-11-4-6-13(7-5-11)16-9-10-2-1-3-12(15)8-10/h1-9H. The van der Waals surface area contributed by atoms with Crippen molar-refractivity contribution in [1.82, 2.24) is 0 Å². The molecular weight excluding hydrogens is 286 g/mol. The van der Waals surface area contributed by atoms with Gasteiger partial charge < -0.3 is 0 Å². The summed E-state index contributed by atoms with van der Waals surface area (Å²) in [5.74, 6) is 0. The second-order valence-corrected chi connectivity index (χ2v) is 4.64. The van der Waals surface area contributed by atoms with Crippen LogP contribution in [0.1, 0.15) is 5.56 Å². The van der Waals surface area contributed by atoms with Crippen LogP contribution in [-0.2, 0) is 0 Å². The Hall–Kier alpha value is -1.12. The summed E-state index contributed by atoms with van der Waals surface area (Å²) in [6.45, 7) is 0. The minimum atomic E-state index is 0.722. The lowest BCUT2D eigenvalue weighted by molar-refractivity contribution is 1.51. The molecule has 2 aromatic carbocycles. The Labute approximate surface area is 108 Å². The van der Waals surface area contributed by atoms with E-state index in [1.54, 1.807) is 6.21 Å². The predicted molar refractivity (Wildman–Crippen MR) is 72.8 cm³/mol. The second-order valence-electron chi connectivity index (χ2n) is 3.29. The van der Waals surface area contributed by atoms with Crippen LogP contribution in [-0.4, -0.2) is 6.21 Å². The molecule has 3 heteroatoms. The molecule has 0 fully saturated rings. The first-order valence-corrected chi connectivity index (χ1v) is 5.96. The van der Waals surface area contributed by atoms with Crippen molar-refractivity contribution in [3.05, 3.63) is 63.6 Å². The van der Waals surface area contributed by atoms with Crippen molar-refractivity contribution in [3.8, 4) is 0 Å². The van der Waals surface area contributed by atoms with E-state index in [2.05, 4.69) is 20.9 Å². The molecule has 16 heavy (non-hydrogen) atoms. The summed E-state index contributed by atoms with van der Waals surface area (Å²) in [6, 6.07) is 15.4. The Kier molecular flexibility index (Phi) is 3.75. The van der Waals surface area contributed by atoms with Gasteiger partial charge in [-0.2, -0.15) is 0 Å². The molecule has 0 radical (unpaired) electrons. The molecule has 2 aromatic rings. The molecule has 0 unspecified atom stereocenters. The molecule has 0 saturated carbocycles. The summed E-state index contributed by atoms with van der Waals surface area (Å²) in [4.78, 5) is 4.35. The van der Waals surface area contributed by atoms with Gasteiger partial charge in [0.2, 0.25) is 0 Å². The second kappa shape index (κ2) is 5.28. The van der Waals surface area contributed by atoms with Gasteiger partial charge in [-0.05, 0) is 42.0 Å². The Bertz CT molecular complexity index is 506. The van der Waals surface area contributed by atoms with Crippen LogP contribution in [0.5, 0.6) is 0 Å². The summed E-state index contributed by atoms with van der Waals surface area (Å²) in [6.07, 6.45) is 1.80. The van der Waals surface area contributed by atoms with E-state index in [-0.39, 0.29) is 0 Å². The number of hydrogen-bond acceptors (Lipinski definition) is 1. The van der Waals surface area contributed by atoms with E-state index in [1.807, 2.05) is 48.5 Å². The smallest absolute Gasteiger partial charge is 0.0630 e. The number of aliphatic imine (C=N–C) groups is 1. The van der Waals surface area contributed by atoms with Crippen LogP contribution < -0.4 is 0 Å². The fourth-order valence-corrected chi connectivity index (χ4v) is 1.73. The Morgan fingerprint density at radius 2 is 1.81 bits per heavy atom. The van der Waals surface area contributed by atoms with Crippen LogP contribution in [0.3, 0.4) is 0 Å². The fraction of sp³-hybridized carbons (Fsp3) is 0. The van der Waals surface area contributed by atoms with Crippen LogP contribution in [0.4, 0.5) is 5.69 Å². The SMILES string of the molecule is Clc1cccc(C=Nc2ccc(Br)cc2)c1. The van der Waals surface area contributed by atoms with Crippen molar-refractivity contribution in [3.63, 3.8) is 0 Å². The summed E-state index contributed by atoms with van der Waals surface area (Å²) in [7, 11) is 0. The molecule has 0 atom stereocenters. The maximum Gasteiger partial charge on any atom is 0.0630 e. The van der Waals surface area contributed by atoms with E-state index in [9.17, 15) is 0 Å². The topological polar surface area (TPSA) is 12.4 Å². The molecule has 0 heterocycles. The normalized spacial score (nSPS) is 10.9. The molecule has 0 aromatic heterocycles. The van der Waals surface area contributed by atoms with E-state index >= 15 is 0 Å². The third-order valence-electron chi connectivity index (χ3n) is 2.04. The molecule has 0 N–H and O–H groups in total. The van der Waals surface area contributed by atoms with Crippen LogP contribution >= 0.6 is 27.5 Å². The monoisotopic (exact) mass is 293 g/mol. The maximum atomic E-state index is 5.88. The van der Waals surface area contributed by atoms with Crippen LogP contribution in [0, 0.1) is 0 Å². The highest BCUT2D eigenvalue weighted by Crippen LogP contribution is 2.17. The molecule has 0 bridgehead atoms. The van der Waals surface area contributed by atoms with Gasteiger partial charge in [0.15, 0.2) is 0 Å². The van der Waals surface area contributed by atoms with Crippen molar-refractivity contribution in [2.75, 3.05) is 0 Å². The lowest BCUT2D eigenvalue weighted by atomic mass is 10.2. The first-order chi connectivity index (χ1) is 7.74. The molecule has 0 aliphatic heterocycles. The molecule has 80 valence electrons. The van der Waals surface area contributed by atoms with Gasteiger partial charge in [0.1, 0.15) is 0 Å². The van der Waals surface area contributed by atoms with E-state index < -0.39 is 0 Å². The largest absolute Gasteiger partial charge is 0.256 e. The van der Waals surface area contributed by atoms with E-state index in [0.29, 0.717) is 0 Å². The molecular formula is C13H9BrClN. The average Bonchev–Trinajstić information content (AvgIpc) is 2.28. The van der Waals surface area contributed by atoms with E-state index in [4.69, 9.17) is 11.6 Å². The first-order valence-electron chi connectivity index (χ1n) is 4.79. The molecule has 2 rings (SSSR count). The van der Waals surface area contributed by atoms with E-state index in [0.717, 1.165) is 20.7 Å². The van der Waals surface area contributed by atoms with Crippen molar-refractivity contribution >= 4 is 39.4 Å². The zero-order valence-corrected chi connectivity index (χ0v) is 10.7. The fourth-order valence-electron chi connectivity index (χ4n) is 1.26. The minimum Gasteiger partial charge on any atom is -0.256 e. The highest BCUT2D eigenvalue weighted by molar-refractivity contribution is 9.10. The zero-order valence-electron chi connectivity index (χ0n) is 8.40. The Morgan fingerprint density at radius 1 is 1.06 bits per heavy atom. The lowest BCUT2D eigenvalue weighted by Gasteiger charge is -1.95. The van der Waals surface area contributed by atoms with Gasteiger partial charge in [-0.15, -0.1) is 0 Å². The molecule has 0 saturated heterocycles. The number of hydrogen-bond donors (Lipinski definition) is 0. The third kappa shape index (κ3) is 3.19. The Morgan fingerprint density at radius 3 is 2.50 bits per heavy atom. The van der Waals surface area contributed by atoms with Gasteiger partial charge in [0, 0.05) is 15.7 Å². The van der Waals surface area contributed by atoms with Gasteiger partial charge in [0.25, 0.3) is 0 Å². The van der Waals surface area contributed by atoms with Gasteiger partial charge >= 0.3 is 0 Å². The minimum absolute atomic E-state index is 0.722. The van der Waals surface area contributed by atoms with Crippen molar-refractivity contribution < 1.29 is 0 Å². The number of halogens is 2. The predicted octanol–water partition coefficient (Wildman–Crippen LogP) is 4.85. The van der Waals surface area contributed by atoms with E-state index in [1.165, 1.54) is 0 Å². The quantitative estimate of drug-likeness (QED) is 0.702. The van der Waals surface area contributed by atoms with Crippen molar-refractivity contribution in [1.29, 1.82) is 0 Å². The summed E-state index contributed by atoms with van der Waals surface area (Å²) >= 11 is 9.26. The summed E-state index contributed by atoms with van der Waals surface area (Å²) < 4.78 is 1.05. The Balaban J connectivity index is 2.18. The average molecular weight is 295 g/mol. The number of benzene rings is 2. The molecule has 1 nitrogen and oxygen atoms in total. The van der Waals surface area contributed by atoms with Crippen molar-refractivity contribution in [2.45, 2.75) is 0 Å². The third-order valence-corrected chi connectivity index (χ3v) is 2.80. The molecule has 0 amide bonds. The summed E-state index contributed by atoms with van der Waals surface area (Å²) in [5, 5.41) is 0.722. The summed E-state index contributed by atoms with van der Waals surface area (Å²) in [5.41, 5.74) is 1.92. The van der Waals surface area contributed by atoms with Crippen LogP contribution in [0.2, 0.25) is 5.02 Å². The van der Waals surface area contributed by atoms with Crippen molar-refractivity contribution in [2.24, 2.45) is 4.99 Å². The zero-order chi connectivity index (χ0) is 11.4. The highest BCUT2D eigenvalue weighted by Gasteiger charge is 1.91. The lowest BCUT2D eigenvalue weighted by Crippen LogP contribution is -1.79. The van der Waals surface area contributed by atoms with Crippen LogP contribution in [0.25, 0.3) is 0 Å². The highest BCUT2D eigenvalue weighted by atomic mass is 79.9. The number of nitrogens with zero attached hydrogens (tertiary/aromatic N) is 1. The molecule has 0 aliphatic carbocycles. The molecule has 0 aliphatic rings.